The van der Waals surface area contributed by atoms with Gasteiger partial charge in [-0.1, -0.05) is 55.8 Å². The third-order valence-corrected chi connectivity index (χ3v) is 7.91. The van der Waals surface area contributed by atoms with Gasteiger partial charge in [0.2, 0.25) is 18.2 Å². The molecule has 0 saturated carbocycles. The first kappa shape index (κ1) is 29.6. The molecule has 3 aromatic rings. The van der Waals surface area contributed by atoms with Gasteiger partial charge in [0.25, 0.3) is 0 Å². The summed E-state index contributed by atoms with van der Waals surface area (Å²) in [5.41, 5.74) is 4.69. The monoisotopic (exact) mass is 580 g/mol. The van der Waals surface area contributed by atoms with Crippen LogP contribution in [-0.4, -0.2) is 59.4 Å². The van der Waals surface area contributed by atoms with Crippen molar-refractivity contribution in [3.63, 3.8) is 0 Å². The lowest BCUT2D eigenvalue weighted by Crippen LogP contribution is -2.59. The summed E-state index contributed by atoms with van der Waals surface area (Å²) in [6.45, 7) is 2.65. The molecular weight excluding hydrogens is 545 g/mol. The summed E-state index contributed by atoms with van der Waals surface area (Å²) in [6.07, 6.45) is 0.721. The predicted molar refractivity (Wildman–Crippen MR) is 153 cm³/mol. The lowest BCUT2D eigenvalue weighted by atomic mass is 9.89. The third-order valence-electron chi connectivity index (χ3n) is 7.91. The van der Waals surface area contributed by atoms with Crippen LogP contribution in [0.25, 0.3) is 22.3 Å². The minimum absolute atomic E-state index is 0.0893. The van der Waals surface area contributed by atoms with Crippen molar-refractivity contribution in [1.82, 2.24) is 20.3 Å². The fourth-order valence-corrected chi connectivity index (χ4v) is 6.00. The number of ether oxygens (including phenoxy) is 1. The second kappa shape index (κ2) is 12.9. The van der Waals surface area contributed by atoms with Gasteiger partial charge < -0.3 is 10.1 Å². The zero-order chi connectivity index (χ0) is 29.7. The summed E-state index contributed by atoms with van der Waals surface area (Å²) in [5, 5.41) is 6.70. The number of hydrogen-bond donors (Lipinski definition) is 1. The van der Waals surface area contributed by atoms with E-state index in [9.17, 15) is 22.8 Å². The van der Waals surface area contributed by atoms with Gasteiger partial charge in [-0.3, -0.25) is 14.6 Å². The van der Waals surface area contributed by atoms with Gasteiger partial charge >= 0.3 is 6.18 Å². The topological polar surface area (TPSA) is 74.8 Å². The van der Waals surface area contributed by atoms with Crippen molar-refractivity contribution in [3.8, 4) is 28.1 Å². The molecule has 1 aliphatic heterocycles. The minimum atomic E-state index is -4.35. The van der Waals surface area contributed by atoms with Gasteiger partial charge in [-0.2, -0.15) is 18.2 Å². The van der Waals surface area contributed by atoms with E-state index in [1.54, 1.807) is 17.1 Å². The second-order valence-corrected chi connectivity index (χ2v) is 10.6. The highest BCUT2D eigenvalue weighted by molar-refractivity contribution is 6.00. The normalized spacial score (nSPS) is 18.2. The maximum absolute atomic E-state index is 14.8. The summed E-state index contributed by atoms with van der Waals surface area (Å²) in [5.74, 6) is -0.678. The number of alkyl halides is 3. The standard InChI is InChI=1S/C32H35F3N4O3/c1-2-3-18-39(38-19-7-6-15-27(38)37-21-40)31(41)29-24-11-5-4-10-22(24)23-12-8-13-25(28(23)29)26-14-9-17-36-30(26)42-20-16-32(33,34)35/h4-5,8-14,17,21,27,29H,2-3,6-7,15-16,18-20H2,1H3,(H,37,40). The Hall–Kier alpha value is -3.92. The van der Waals surface area contributed by atoms with E-state index in [2.05, 4.69) is 17.2 Å². The molecule has 1 aliphatic carbocycles. The third kappa shape index (κ3) is 6.13. The van der Waals surface area contributed by atoms with Gasteiger partial charge in [0.1, 0.15) is 0 Å². The molecule has 1 fully saturated rings. The summed E-state index contributed by atoms with van der Waals surface area (Å²) < 4.78 is 44.2. The first-order valence-corrected chi connectivity index (χ1v) is 14.5. The first-order valence-electron chi connectivity index (χ1n) is 14.5. The van der Waals surface area contributed by atoms with Crippen LogP contribution in [0, 0.1) is 0 Å². The molecule has 222 valence electrons. The van der Waals surface area contributed by atoms with Gasteiger partial charge in [0, 0.05) is 24.8 Å². The number of hydrogen-bond acceptors (Lipinski definition) is 5. The average Bonchev–Trinajstić information content (AvgIpc) is 3.32. The largest absolute Gasteiger partial charge is 0.477 e. The number of halogens is 3. The van der Waals surface area contributed by atoms with Crippen LogP contribution in [0.15, 0.2) is 60.8 Å². The zero-order valence-electron chi connectivity index (χ0n) is 23.6. The number of hydrazine groups is 1. The molecule has 0 spiro atoms. The van der Waals surface area contributed by atoms with Gasteiger partial charge in [-0.05, 0) is 65.6 Å². The number of amides is 2. The number of fused-ring (bicyclic) bond motifs is 3. The highest BCUT2D eigenvalue weighted by Crippen LogP contribution is 2.50. The molecule has 0 radical (unpaired) electrons. The van der Waals surface area contributed by atoms with E-state index in [-0.39, 0.29) is 18.0 Å². The molecule has 2 unspecified atom stereocenters. The molecule has 2 atom stereocenters. The quantitative estimate of drug-likeness (QED) is 0.270. The van der Waals surface area contributed by atoms with Crippen molar-refractivity contribution in [2.75, 3.05) is 19.7 Å². The van der Waals surface area contributed by atoms with Gasteiger partial charge in [0.15, 0.2) is 0 Å². The van der Waals surface area contributed by atoms with Crippen molar-refractivity contribution in [2.24, 2.45) is 0 Å². The number of piperidine rings is 1. The minimum Gasteiger partial charge on any atom is -0.477 e. The Morgan fingerprint density at radius 2 is 1.81 bits per heavy atom. The van der Waals surface area contributed by atoms with Crippen LogP contribution in [0.5, 0.6) is 5.88 Å². The van der Waals surface area contributed by atoms with Crippen LogP contribution >= 0.6 is 0 Å². The number of pyridine rings is 1. The Morgan fingerprint density at radius 1 is 1.07 bits per heavy atom. The number of unbranched alkanes of at least 4 members (excludes halogenated alkanes) is 1. The van der Waals surface area contributed by atoms with Gasteiger partial charge in [-0.25, -0.2) is 4.98 Å². The van der Waals surface area contributed by atoms with Crippen LogP contribution in [0.4, 0.5) is 13.2 Å². The molecule has 2 aromatic carbocycles. The van der Waals surface area contributed by atoms with Crippen LogP contribution in [0.3, 0.4) is 0 Å². The number of nitrogens with one attached hydrogen (secondary N) is 1. The van der Waals surface area contributed by atoms with Crippen molar-refractivity contribution in [2.45, 2.75) is 63.7 Å². The van der Waals surface area contributed by atoms with E-state index >= 15 is 0 Å². The highest BCUT2D eigenvalue weighted by atomic mass is 19.4. The van der Waals surface area contributed by atoms with Gasteiger partial charge in [-0.15, -0.1) is 0 Å². The van der Waals surface area contributed by atoms with Crippen LogP contribution < -0.4 is 10.1 Å². The summed E-state index contributed by atoms with van der Waals surface area (Å²) in [7, 11) is 0. The molecule has 1 saturated heterocycles. The molecule has 2 heterocycles. The Labute approximate surface area is 243 Å². The number of nitrogens with zero attached hydrogens (tertiary/aromatic N) is 3. The number of carbonyl (C=O) groups is 2. The lowest BCUT2D eigenvalue weighted by molar-refractivity contribution is -0.160. The van der Waals surface area contributed by atoms with Crippen LogP contribution in [0.1, 0.15) is 62.5 Å². The molecule has 2 amide bonds. The van der Waals surface area contributed by atoms with E-state index in [0.717, 1.165) is 54.4 Å². The van der Waals surface area contributed by atoms with E-state index in [4.69, 9.17) is 4.74 Å². The van der Waals surface area contributed by atoms with Gasteiger partial charge in [0.05, 0.1) is 25.1 Å². The fourth-order valence-electron chi connectivity index (χ4n) is 6.00. The highest BCUT2D eigenvalue weighted by Gasteiger charge is 2.41. The molecule has 10 heteroatoms. The van der Waals surface area contributed by atoms with Crippen molar-refractivity contribution < 1.29 is 27.5 Å². The molecule has 0 bridgehead atoms. The van der Waals surface area contributed by atoms with E-state index < -0.39 is 25.1 Å². The second-order valence-electron chi connectivity index (χ2n) is 10.6. The Bertz CT molecular complexity index is 1410. The summed E-state index contributed by atoms with van der Waals surface area (Å²) in [6, 6.07) is 17.0. The molecule has 1 N–H and O–H groups in total. The van der Waals surface area contributed by atoms with Crippen LogP contribution in [-0.2, 0) is 9.59 Å². The zero-order valence-corrected chi connectivity index (χ0v) is 23.6. The van der Waals surface area contributed by atoms with Crippen molar-refractivity contribution in [1.29, 1.82) is 0 Å². The Morgan fingerprint density at radius 3 is 2.57 bits per heavy atom. The molecule has 42 heavy (non-hydrogen) atoms. The Balaban J connectivity index is 1.60. The number of aromatic nitrogens is 1. The van der Waals surface area contributed by atoms with E-state index in [1.165, 1.54) is 6.20 Å². The van der Waals surface area contributed by atoms with E-state index in [1.807, 2.05) is 47.5 Å². The number of carbonyl (C=O) groups excluding carboxylic acids is 2. The molecule has 2 aliphatic rings. The maximum atomic E-state index is 14.8. The smallest absolute Gasteiger partial charge is 0.392 e. The average molecular weight is 581 g/mol. The summed E-state index contributed by atoms with van der Waals surface area (Å²) in [4.78, 5) is 30.5. The maximum Gasteiger partial charge on any atom is 0.392 e. The van der Waals surface area contributed by atoms with Crippen molar-refractivity contribution in [3.05, 3.63) is 71.9 Å². The number of benzene rings is 2. The van der Waals surface area contributed by atoms with Crippen LogP contribution in [0.2, 0.25) is 0 Å². The van der Waals surface area contributed by atoms with Crippen molar-refractivity contribution >= 4 is 12.3 Å². The molecule has 1 aromatic heterocycles. The molecular formula is C32H35F3N4O3. The fraction of sp³-hybridized carbons (Fsp3) is 0.406. The molecule has 7 nitrogen and oxygen atoms in total. The van der Waals surface area contributed by atoms with E-state index in [0.29, 0.717) is 30.6 Å². The molecule has 5 rings (SSSR count). The Kier molecular flexibility index (Phi) is 9.11. The summed E-state index contributed by atoms with van der Waals surface area (Å²) >= 11 is 0. The number of rotatable bonds is 11. The lowest BCUT2D eigenvalue weighted by Gasteiger charge is -2.43. The predicted octanol–water partition coefficient (Wildman–Crippen LogP) is 6.29. The first-order chi connectivity index (χ1) is 20.3. The SMILES string of the molecule is CCCCN(C(=O)C1c2ccccc2-c2cccc(-c3cccnc3OCCC(F)(F)F)c21)N1CCCCC1NC=O.